The second-order valence-corrected chi connectivity index (χ2v) is 6.07. The van der Waals surface area contributed by atoms with Crippen LogP contribution in [0.3, 0.4) is 0 Å². The van der Waals surface area contributed by atoms with Crippen LogP contribution in [0, 0.1) is 19.8 Å². The van der Waals surface area contributed by atoms with Crippen molar-refractivity contribution in [2.24, 2.45) is 10.9 Å². The van der Waals surface area contributed by atoms with Crippen LogP contribution in [0.1, 0.15) is 36.8 Å². The van der Waals surface area contributed by atoms with Crippen molar-refractivity contribution in [3.05, 3.63) is 17.0 Å². The second-order valence-electron chi connectivity index (χ2n) is 6.07. The number of likely N-dealkylation sites (tertiary alicyclic amines) is 1. The largest absolute Gasteiger partial charge is 0.469 e. The zero-order valence-corrected chi connectivity index (χ0v) is 17.8. The molecule has 2 rings (SSSR count). The Labute approximate surface area is 166 Å². The fourth-order valence-electron chi connectivity index (χ4n) is 3.05. The van der Waals surface area contributed by atoms with Crippen molar-refractivity contribution < 1.29 is 14.1 Å². The topological polar surface area (TPSA) is 80.0 Å². The number of piperidine rings is 1. The highest BCUT2D eigenvalue weighted by atomic mass is 127. The van der Waals surface area contributed by atoms with Crippen LogP contribution in [-0.4, -0.2) is 55.3 Å². The number of nitrogens with one attached hydrogen (secondary N) is 1. The third-order valence-corrected chi connectivity index (χ3v) is 4.47. The van der Waals surface area contributed by atoms with E-state index in [2.05, 4.69) is 22.3 Å². The van der Waals surface area contributed by atoms with Gasteiger partial charge in [-0.1, -0.05) is 5.16 Å². The highest BCUT2D eigenvalue weighted by Gasteiger charge is 2.26. The van der Waals surface area contributed by atoms with E-state index in [1.807, 2.05) is 13.8 Å². The van der Waals surface area contributed by atoms with E-state index in [9.17, 15) is 4.79 Å². The van der Waals surface area contributed by atoms with Crippen molar-refractivity contribution in [2.75, 3.05) is 33.3 Å². The molecule has 0 spiro atoms. The molecule has 7 nitrogen and oxygen atoms in total. The summed E-state index contributed by atoms with van der Waals surface area (Å²) in [5.41, 5.74) is 2.07. The Bertz CT molecular complexity index is 561. The normalized spacial score (nSPS) is 15.7. The number of aromatic nitrogens is 1. The number of carbonyl (C=O) groups excluding carboxylic acids is 1. The average molecular weight is 464 g/mol. The van der Waals surface area contributed by atoms with Gasteiger partial charge in [-0.25, -0.2) is 0 Å². The molecule has 1 aliphatic heterocycles. The molecule has 0 bridgehead atoms. The molecule has 0 aliphatic carbocycles. The molecule has 0 radical (unpaired) electrons. The minimum atomic E-state index is -0.102. The Kier molecular flexibility index (Phi) is 9.23. The van der Waals surface area contributed by atoms with Crippen molar-refractivity contribution in [3.8, 4) is 0 Å². The highest BCUT2D eigenvalue weighted by Crippen LogP contribution is 2.18. The molecule has 0 saturated carbocycles. The minimum Gasteiger partial charge on any atom is -0.469 e. The average Bonchev–Trinajstić information content (AvgIpc) is 2.92. The number of aliphatic imine (C=N–C) groups is 1. The first-order valence-corrected chi connectivity index (χ1v) is 8.59. The van der Waals surface area contributed by atoms with Crippen LogP contribution < -0.4 is 5.32 Å². The van der Waals surface area contributed by atoms with Gasteiger partial charge in [0, 0.05) is 31.7 Å². The zero-order chi connectivity index (χ0) is 17.5. The number of hydrogen-bond donors (Lipinski definition) is 1. The van der Waals surface area contributed by atoms with Gasteiger partial charge in [0.2, 0.25) is 0 Å². The van der Waals surface area contributed by atoms with Crippen LogP contribution in [0.2, 0.25) is 0 Å². The molecule has 1 aliphatic rings. The summed E-state index contributed by atoms with van der Waals surface area (Å²) in [6, 6.07) is 0. The molecular formula is C17H29IN4O3. The van der Waals surface area contributed by atoms with Gasteiger partial charge in [-0.15, -0.1) is 24.0 Å². The van der Waals surface area contributed by atoms with E-state index in [-0.39, 0.29) is 35.9 Å². The number of ether oxygens (including phenoxy) is 1. The first-order chi connectivity index (χ1) is 11.6. The summed E-state index contributed by atoms with van der Waals surface area (Å²) >= 11 is 0. The number of nitrogens with zero attached hydrogens (tertiary/aromatic N) is 3. The smallest absolute Gasteiger partial charge is 0.308 e. The van der Waals surface area contributed by atoms with Crippen LogP contribution in [0.5, 0.6) is 0 Å². The van der Waals surface area contributed by atoms with Gasteiger partial charge in [0.25, 0.3) is 0 Å². The Morgan fingerprint density at radius 3 is 2.60 bits per heavy atom. The fourth-order valence-corrected chi connectivity index (χ4v) is 3.05. The van der Waals surface area contributed by atoms with Crippen LogP contribution in [0.4, 0.5) is 0 Å². The quantitative estimate of drug-likeness (QED) is 0.312. The molecule has 0 amide bonds. The van der Waals surface area contributed by atoms with Crippen LogP contribution in [-0.2, 0) is 16.0 Å². The van der Waals surface area contributed by atoms with Crippen molar-refractivity contribution in [3.63, 3.8) is 0 Å². The van der Waals surface area contributed by atoms with Crippen LogP contribution in [0.15, 0.2) is 9.52 Å². The Balaban J connectivity index is 0.00000312. The van der Waals surface area contributed by atoms with Crippen molar-refractivity contribution in [2.45, 2.75) is 40.0 Å². The Morgan fingerprint density at radius 1 is 1.40 bits per heavy atom. The number of aryl methyl sites for hydroxylation is 2. The molecule has 142 valence electrons. The number of esters is 1. The van der Waals surface area contributed by atoms with E-state index in [0.29, 0.717) is 6.54 Å². The maximum Gasteiger partial charge on any atom is 0.308 e. The maximum absolute atomic E-state index is 11.6. The molecular weight excluding hydrogens is 435 g/mol. The Hall–Kier alpha value is -1.32. The Morgan fingerprint density at radius 2 is 2.08 bits per heavy atom. The van der Waals surface area contributed by atoms with E-state index >= 15 is 0 Å². The predicted octanol–water partition coefficient (Wildman–Crippen LogP) is 2.30. The molecule has 25 heavy (non-hydrogen) atoms. The van der Waals surface area contributed by atoms with Crippen molar-refractivity contribution in [1.29, 1.82) is 0 Å². The molecule has 0 unspecified atom stereocenters. The summed E-state index contributed by atoms with van der Waals surface area (Å²) < 4.78 is 10.0. The lowest BCUT2D eigenvalue weighted by molar-refractivity contribution is -0.146. The molecule has 8 heteroatoms. The van der Waals surface area contributed by atoms with E-state index in [4.69, 9.17) is 14.3 Å². The zero-order valence-electron chi connectivity index (χ0n) is 15.5. The number of halogens is 1. The van der Waals surface area contributed by atoms with Gasteiger partial charge in [-0.05, 0) is 40.0 Å². The number of carbonyl (C=O) groups is 1. The molecule has 1 aromatic heterocycles. The molecule has 0 atom stereocenters. The third-order valence-electron chi connectivity index (χ3n) is 4.47. The third kappa shape index (κ3) is 5.86. The van der Waals surface area contributed by atoms with Gasteiger partial charge < -0.3 is 19.5 Å². The maximum atomic E-state index is 11.6. The van der Waals surface area contributed by atoms with Gasteiger partial charge in [0.15, 0.2) is 5.96 Å². The molecule has 2 heterocycles. The fraction of sp³-hybridized carbons (Fsp3) is 0.706. The second kappa shape index (κ2) is 10.6. The summed E-state index contributed by atoms with van der Waals surface area (Å²) in [7, 11) is 1.45. The van der Waals surface area contributed by atoms with Gasteiger partial charge in [-0.2, -0.15) is 0 Å². The van der Waals surface area contributed by atoms with E-state index in [1.165, 1.54) is 7.11 Å². The first kappa shape index (κ1) is 21.7. The molecule has 1 fully saturated rings. The monoisotopic (exact) mass is 464 g/mol. The first-order valence-electron chi connectivity index (χ1n) is 8.59. The number of hydrogen-bond acceptors (Lipinski definition) is 5. The summed E-state index contributed by atoms with van der Waals surface area (Å²) in [6.07, 6.45) is 2.43. The predicted molar refractivity (Wildman–Crippen MR) is 107 cm³/mol. The SMILES string of the molecule is CCNC(=NCCc1c(C)noc1C)N1CCC(C(=O)OC)CC1.I. The lowest BCUT2D eigenvalue weighted by Gasteiger charge is -2.33. The lowest BCUT2D eigenvalue weighted by atomic mass is 9.97. The van der Waals surface area contributed by atoms with Crippen molar-refractivity contribution >= 4 is 35.9 Å². The molecule has 1 aromatic rings. The van der Waals surface area contributed by atoms with E-state index < -0.39 is 0 Å². The summed E-state index contributed by atoms with van der Waals surface area (Å²) in [5.74, 6) is 1.69. The summed E-state index contributed by atoms with van der Waals surface area (Å²) in [6.45, 7) is 9.09. The number of rotatable bonds is 5. The lowest BCUT2D eigenvalue weighted by Crippen LogP contribution is -2.46. The number of guanidine groups is 1. The van der Waals surface area contributed by atoms with Crippen LogP contribution >= 0.6 is 24.0 Å². The number of methoxy groups -OCH3 is 1. The van der Waals surface area contributed by atoms with Gasteiger partial charge in [0.1, 0.15) is 5.76 Å². The van der Waals surface area contributed by atoms with Gasteiger partial charge in [-0.3, -0.25) is 9.79 Å². The molecule has 1 N–H and O–H groups in total. The highest BCUT2D eigenvalue weighted by molar-refractivity contribution is 14.0. The van der Waals surface area contributed by atoms with Gasteiger partial charge in [0.05, 0.1) is 18.7 Å². The summed E-state index contributed by atoms with van der Waals surface area (Å²) in [4.78, 5) is 18.6. The summed E-state index contributed by atoms with van der Waals surface area (Å²) in [5, 5.41) is 7.32. The minimum absolute atomic E-state index is 0. The van der Waals surface area contributed by atoms with Gasteiger partial charge >= 0.3 is 5.97 Å². The standard InChI is InChI=1S/C17H28N4O3.HI/c1-5-18-17(19-9-6-15-12(2)20-24-13(15)3)21-10-7-14(8-11-21)16(22)23-4;/h14H,5-11H2,1-4H3,(H,18,19);1H. The van der Waals surface area contributed by atoms with E-state index in [1.54, 1.807) is 0 Å². The van der Waals surface area contributed by atoms with Crippen molar-refractivity contribution in [1.82, 2.24) is 15.4 Å². The van der Waals surface area contributed by atoms with E-state index in [0.717, 1.165) is 61.9 Å². The van der Waals surface area contributed by atoms with Crippen LogP contribution in [0.25, 0.3) is 0 Å². The molecule has 1 saturated heterocycles. The molecule has 0 aromatic carbocycles.